The van der Waals surface area contributed by atoms with Crippen molar-refractivity contribution in [3.05, 3.63) is 18.5 Å². The van der Waals surface area contributed by atoms with Gasteiger partial charge in [0.15, 0.2) is 0 Å². The van der Waals surface area contributed by atoms with E-state index in [0.29, 0.717) is 6.61 Å². The number of hydrogen-bond acceptors (Lipinski definition) is 5. The van der Waals surface area contributed by atoms with Gasteiger partial charge in [-0.3, -0.25) is 4.98 Å². The van der Waals surface area contributed by atoms with Gasteiger partial charge in [-0.05, 0) is 11.8 Å². The van der Waals surface area contributed by atoms with E-state index in [9.17, 15) is 0 Å². The van der Waals surface area contributed by atoms with Crippen molar-refractivity contribution in [1.29, 1.82) is 0 Å². The minimum absolute atomic E-state index is 0.454. The molecule has 0 radical (unpaired) electrons. The smallest absolute Gasteiger partial charge is 0.140 e. The fraction of sp³-hybridized carbons (Fsp3) is 0.538. The Labute approximate surface area is 112 Å². The van der Waals surface area contributed by atoms with Crippen LogP contribution in [0.2, 0.25) is 0 Å². The van der Waals surface area contributed by atoms with Gasteiger partial charge < -0.3 is 15.0 Å². The van der Waals surface area contributed by atoms with Crippen molar-refractivity contribution in [2.45, 2.75) is 0 Å². The molecule has 0 bridgehead atoms. The average Bonchev–Trinajstić information content (AvgIpc) is 2.97. The third-order valence-electron chi connectivity index (χ3n) is 3.77. The summed E-state index contributed by atoms with van der Waals surface area (Å²) in [5, 5.41) is 5.03. The predicted octanol–water partition coefficient (Wildman–Crippen LogP) is 1.12. The number of pyridine rings is 1. The molecule has 0 aliphatic carbocycles. The maximum absolute atomic E-state index is 5.49. The van der Waals surface area contributed by atoms with E-state index >= 15 is 0 Å². The number of nitrogens with one attached hydrogen (secondary N) is 1. The van der Waals surface area contributed by atoms with Crippen LogP contribution in [-0.4, -0.2) is 43.1 Å². The lowest BCUT2D eigenvalue weighted by atomic mass is 10.0. The Morgan fingerprint density at radius 1 is 1.39 bits per heavy atom. The molecule has 2 atom stereocenters. The summed E-state index contributed by atoms with van der Waals surface area (Å²) in [7, 11) is 0. The van der Waals surface area contributed by atoms with Gasteiger partial charge >= 0.3 is 0 Å². The second kappa shape index (κ2) is 5.20. The summed E-state index contributed by atoms with van der Waals surface area (Å²) < 4.78 is 5.49. The highest BCUT2D eigenvalue weighted by atomic mass is 32.1. The lowest BCUT2D eigenvalue weighted by molar-refractivity contribution is 0.380. The molecule has 0 amide bonds. The molecule has 2 fully saturated rings. The number of rotatable bonds is 4. The zero-order valence-corrected chi connectivity index (χ0v) is 11.0. The number of aromatic nitrogens is 1. The first-order valence-electron chi connectivity index (χ1n) is 6.34. The molecule has 1 N–H and O–H groups in total. The minimum atomic E-state index is 0.454. The van der Waals surface area contributed by atoms with Crippen molar-refractivity contribution >= 4 is 23.3 Å². The molecular weight excluding hydrogens is 246 g/mol. The van der Waals surface area contributed by atoms with Gasteiger partial charge in [-0.2, -0.15) is 0 Å². The largest absolute Gasteiger partial charge is 0.487 e. The first kappa shape index (κ1) is 11.9. The maximum Gasteiger partial charge on any atom is 0.140 e. The van der Waals surface area contributed by atoms with E-state index in [0.717, 1.165) is 49.5 Å². The molecule has 3 heterocycles. The van der Waals surface area contributed by atoms with Crippen molar-refractivity contribution < 1.29 is 4.74 Å². The molecule has 0 saturated carbocycles. The van der Waals surface area contributed by atoms with Crippen LogP contribution in [0.3, 0.4) is 0 Å². The van der Waals surface area contributed by atoms with Gasteiger partial charge in [0, 0.05) is 37.6 Å². The second-order valence-corrected chi connectivity index (χ2v) is 5.27. The topological polar surface area (TPSA) is 37.4 Å². The summed E-state index contributed by atoms with van der Waals surface area (Å²) in [6.45, 7) is 4.99. The Kier molecular flexibility index (Phi) is 3.43. The Hall–Kier alpha value is -1.20. The van der Waals surface area contributed by atoms with E-state index < -0.39 is 0 Å². The molecule has 2 aliphatic rings. The predicted molar refractivity (Wildman–Crippen MR) is 75.4 cm³/mol. The zero-order chi connectivity index (χ0) is 12.4. The fourth-order valence-corrected chi connectivity index (χ4v) is 2.92. The fourth-order valence-electron chi connectivity index (χ4n) is 2.86. The van der Waals surface area contributed by atoms with Gasteiger partial charge in [-0.25, -0.2) is 0 Å². The molecule has 0 aromatic carbocycles. The molecular formula is C13H17N3OS. The number of anilines is 1. The second-order valence-electron chi connectivity index (χ2n) is 4.94. The van der Waals surface area contributed by atoms with Gasteiger partial charge in [-0.1, -0.05) is 12.2 Å². The summed E-state index contributed by atoms with van der Waals surface area (Å²) in [6.07, 6.45) is 3.65. The number of nitrogens with zero attached hydrogens (tertiary/aromatic N) is 2. The average molecular weight is 263 g/mol. The zero-order valence-electron chi connectivity index (χ0n) is 10.2. The van der Waals surface area contributed by atoms with Crippen LogP contribution in [-0.2, 0) is 0 Å². The van der Waals surface area contributed by atoms with Crippen molar-refractivity contribution in [3.8, 4) is 5.75 Å². The van der Waals surface area contributed by atoms with E-state index in [1.165, 1.54) is 0 Å². The van der Waals surface area contributed by atoms with Gasteiger partial charge in [0.2, 0.25) is 0 Å². The summed E-state index contributed by atoms with van der Waals surface area (Å²) in [4.78, 5) is 6.66. The standard InChI is InChI=1S/C13H17N3OS/c18-2-1-17-13-3-12(6-15-7-13)16-8-10-4-14-5-11(10)9-16/h2-3,6-7,10-11,14H,1,4-5,8-9H2. The van der Waals surface area contributed by atoms with E-state index in [2.05, 4.69) is 21.3 Å². The highest BCUT2D eigenvalue weighted by Gasteiger charge is 2.36. The molecule has 2 aliphatic heterocycles. The molecule has 1 aromatic heterocycles. The Morgan fingerprint density at radius 3 is 2.89 bits per heavy atom. The highest BCUT2D eigenvalue weighted by molar-refractivity contribution is 7.79. The van der Waals surface area contributed by atoms with Crippen molar-refractivity contribution in [1.82, 2.24) is 10.3 Å². The normalized spacial score (nSPS) is 26.1. The number of hydrogen-bond donors (Lipinski definition) is 1. The number of fused-ring (bicyclic) bond motifs is 1. The van der Waals surface area contributed by atoms with Gasteiger partial charge in [0.25, 0.3) is 0 Å². The van der Waals surface area contributed by atoms with Crippen molar-refractivity contribution in [3.63, 3.8) is 0 Å². The highest BCUT2D eigenvalue weighted by Crippen LogP contribution is 2.31. The van der Waals surface area contributed by atoms with Crippen molar-refractivity contribution in [2.24, 2.45) is 11.8 Å². The lowest BCUT2D eigenvalue weighted by Crippen LogP contribution is -2.25. The first-order valence-corrected chi connectivity index (χ1v) is 6.81. The van der Waals surface area contributed by atoms with Crippen LogP contribution in [0, 0.1) is 11.8 Å². The molecule has 4 nitrogen and oxygen atoms in total. The monoisotopic (exact) mass is 263 g/mol. The van der Waals surface area contributed by atoms with Crippen molar-refractivity contribution in [2.75, 3.05) is 37.7 Å². The third kappa shape index (κ3) is 2.33. The van der Waals surface area contributed by atoms with Gasteiger partial charge in [-0.15, -0.1) is 0 Å². The third-order valence-corrected chi connectivity index (χ3v) is 3.91. The van der Waals surface area contributed by atoms with E-state index in [4.69, 9.17) is 17.0 Å². The summed E-state index contributed by atoms with van der Waals surface area (Å²) in [5.41, 5.74) is 1.16. The van der Waals surface area contributed by atoms with Gasteiger partial charge in [0.1, 0.15) is 12.4 Å². The Balaban J connectivity index is 1.70. The van der Waals surface area contributed by atoms with Crippen LogP contribution < -0.4 is 15.0 Å². The van der Waals surface area contributed by atoms with Crippen LogP contribution in [0.15, 0.2) is 18.5 Å². The molecule has 96 valence electrons. The summed E-state index contributed by atoms with van der Waals surface area (Å²) in [5.74, 6) is 2.37. The Morgan fingerprint density at radius 2 is 2.17 bits per heavy atom. The molecule has 1 aromatic rings. The van der Waals surface area contributed by atoms with E-state index in [1.54, 1.807) is 11.6 Å². The lowest BCUT2D eigenvalue weighted by Gasteiger charge is -2.19. The van der Waals surface area contributed by atoms with Crippen LogP contribution >= 0.6 is 12.2 Å². The first-order chi connectivity index (χ1) is 8.86. The summed E-state index contributed by atoms with van der Waals surface area (Å²) in [6, 6.07) is 2.06. The molecule has 2 saturated heterocycles. The van der Waals surface area contributed by atoms with Crippen LogP contribution in [0.25, 0.3) is 0 Å². The van der Waals surface area contributed by atoms with E-state index in [-0.39, 0.29) is 0 Å². The number of thiocarbonyl (C=S) groups is 1. The molecule has 18 heavy (non-hydrogen) atoms. The van der Waals surface area contributed by atoms with Gasteiger partial charge in [0.05, 0.1) is 18.1 Å². The minimum Gasteiger partial charge on any atom is -0.487 e. The number of ether oxygens (including phenoxy) is 1. The summed E-state index contributed by atoms with van der Waals surface area (Å²) >= 11 is 4.76. The molecule has 2 unspecified atom stereocenters. The quantitative estimate of drug-likeness (QED) is 0.824. The maximum atomic E-state index is 5.49. The van der Waals surface area contributed by atoms with Crippen LogP contribution in [0.4, 0.5) is 5.69 Å². The SMILES string of the molecule is S=CCOc1cncc(N2CC3CNCC3C2)c1. The molecule has 5 heteroatoms. The van der Waals surface area contributed by atoms with E-state index in [1.807, 2.05) is 6.20 Å². The molecule has 3 rings (SSSR count). The molecule has 0 spiro atoms. The van der Waals surface area contributed by atoms with Crippen LogP contribution in [0.1, 0.15) is 0 Å². The Bertz CT molecular complexity index is 428. The van der Waals surface area contributed by atoms with Crippen LogP contribution in [0.5, 0.6) is 5.75 Å².